The van der Waals surface area contributed by atoms with E-state index in [1.54, 1.807) is 37.4 Å². The first kappa shape index (κ1) is 16.7. The Bertz CT molecular complexity index is 888. The van der Waals surface area contributed by atoms with Crippen molar-refractivity contribution >= 4 is 6.21 Å². The minimum atomic E-state index is -4.52. The van der Waals surface area contributed by atoms with Gasteiger partial charge in [-0.25, -0.2) is 0 Å². The van der Waals surface area contributed by atoms with Gasteiger partial charge in [-0.15, -0.1) is 5.10 Å². The molecule has 0 unspecified atom stereocenters. The predicted molar refractivity (Wildman–Crippen MR) is 86.9 cm³/mol. The van der Waals surface area contributed by atoms with Crippen LogP contribution in [-0.2, 0) is 6.18 Å². The third-order valence-corrected chi connectivity index (χ3v) is 3.32. The van der Waals surface area contributed by atoms with Gasteiger partial charge in [0.25, 0.3) is 0 Å². The summed E-state index contributed by atoms with van der Waals surface area (Å²) in [7, 11) is 1.54. The summed E-state index contributed by atoms with van der Waals surface area (Å²) in [6.07, 6.45) is -3.08. The van der Waals surface area contributed by atoms with E-state index >= 15 is 0 Å². The van der Waals surface area contributed by atoms with Crippen LogP contribution >= 0.6 is 0 Å². The van der Waals surface area contributed by atoms with Crippen LogP contribution < -0.4 is 4.74 Å². The Kier molecular flexibility index (Phi) is 4.51. The van der Waals surface area contributed by atoms with Crippen LogP contribution in [0.25, 0.3) is 11.3 Å². The van der Waals surface area contributed by atoms with Gasteiger partial charge in [-0.1, -0.05) is 23.4 Å². The highest BCUT2D eigenvalue weighted by atomic mass is 19.4. The molecule has 128 valence electrons. The molecule has 2 aromatic carbocycles. The van der Waals surface area contributed by atoms with E-state index < -0.39 is 11.7 Å². The van der Waals surface area contributed by atoms with Gasteiger partial charge in [-0.05, 0) is 30.3 Å². The average molecular weight is 346 g/mol. The number of halogens is 3. The summed E-state index contributed by atoms with van der Waals surface area (Å²) in [6, 6.07) is 12.0. The summed E-state index contributed by atoms with van der Waals surface area (Å²) in [4.78, 5) is 3.84. The number of para-hydroxylation sites is 1. The maximum absolute atomic E-state index is 13.3. The summed E-state index contributed by atoms with van der Waals surface area (Å²) in [5.74, 6) is 0.488. The van der Waals surface area contributed by atoms with Gasteiger partial charge in [-0.3, -0.25) is 10.1 Å². The lowest BCUT2D eigenvalue weighted by atomic mass is 10.1. The molecular formula is C17H13F3N4O. The first-order chi connectivity index (χ1) is 12.0. The SMILES string of the molecule is C/N=C/c1[nH]nnc1-c1cc(Oc2ccccc2)cc(C(F)(F)F)c1. The minimum absolute atomic E-state index is 0.0541. The first-order valence-corrected chi connectivity index (χ1v) is 7.26. The highest BCUT2D eigenvalue weighted by molar-refractivity contribution is 5.86. The Morgan fingerprint density at radius 2 is 1.84 bits per heavy atom. The number of hydrogen-bond donors (Lipinski definition) is 1. The van der Waals surface area contributed by atoms with E-state index in [4.69, 9.17) is 4.74 Å². The molecular weight excluding hydrogens is 333 g/mol. The van der Waals surface area contributed by atoms with Crippen molar-refractivity contribution in [2.75, 3.05) is 7.05 Å². The molecule has 3 aromatic rings. The third-order valence-electron chi connectivity index (χ3n) is 3.32. The van der Waals surface area contributed by atoms with Crippen molar-refractivity contribution in [3.63, 3.8) is 0 Å². The Morgan fingerprint density at radius 3 is 2.52 bits per heavy atom. The lowest BCUT2D eigenvalue weighted by Crippen LogP contribution is -2.05. The van der Waals surface area contributed by atoms with Crippen molar-refractivity contribution < 1.29 is 17.9 Å². The Balaban J connectivity index is 2.08. The molecule has 1 aromatic heterocycles. The van der Waals surface area contributed by atoms with E-state index in [2.05, 4.69) is 20.4 Å². The standard InChI is InChI=1S/C17H13F3N4O/c1-21-10-15-16(23-24-22-15)11-7-12(17(18,19)20)9-14(8-11)25-13-5-3-2-4-6-13/h2-10H,1H3,(H,22,23,24)/b21-10+. The number of alkyl halides is 3. The van der Waals surface area contributed by atoms with Gasteiger partial charge in [0.2, 0.25) is 0 Å². The lowest BCUT2D eigenvalue weighted by Gasteiger charge is -2.12. The van der Waals surface area contributed by atoms with Crippen LogP contribution in [0.15, 0.2) is 53.5 Å². The number of benzene rings is 2. The molecule has 0 atom stereocenters. The smallest absolute Gasteiger partial charge is 0.416 e. The zero-order valence-corrected chi connectivity index (χ0v) is 13.1. The molecule has 25 heavy (non-hydrogen) atoms. The van der Waals surface area contributed by atoms with Crippen molar-refractivity contribution in [3.8, 4) is 22.8 Å². The van der Waals surface area contributed by atoms with Crippen LogP contribution in [0.2, 0.25) is 0 Å². The van der Waals surface area contributed by atoms with Crippen molar-refractivity contribution in [1.29, 1.82) is 0 Å². The summed E-state index contributed by atoms with van der Waals surface area (Å²) < 4.78 is 45.3. The molecule has 0 spiro atoms. The van der Waals surface area contributed by atoms with Crippen molar-refractivity contribution in [1.82, 2.24) is 15.4 Å². The highest BCUT2D eigenvalue weighted by Crippen LogP contribution is 2.36. The minimum Gasteiger partial charge on any atom is -0.457 e. The molecule has 0 aliphatic carbocycles. The Labute approximate surface area is 141 Å². The van der Waals surface area contributed by atoms with Gasteiger partial charge in [-0.2, -0.15) is 13.2 Å². The topological polar surface area (TPSA) is 63.2 Å². The van der Waals surface area contributed by atoms with Crippen LogP contribution in [0.4, 0.5) is 13.2 Å². The number of aliphatic imine (C=N–C) groups is 1. The fraction of sp³-hybridized carbons (Fsp3) is 0.118. The second-order valence-electron chi connectivity index (χ2n) is 5.12. The Morgan fingerprint density at radius 1 is 1.08 bits per heavy atom. The number of ether oxygens (including phenoxy) is 1. The summed E-state index contributed by atoms with van der Waals surface area (Å²) in [5, 5.41) is 10.1. The molecule has 1 N–H and O–H groups in total. The van der Waals surface area contributed by atoms with E-state index in [0.29, 0.717) is 11.4 Å². The number of aromatic amines is 1. The van der Waals surface area contributed by atoms with Crippen molar-refractivity contribution in [2.24, 2.45) is 4.99 Å². The molecule has 8 heteroatoms. The van der Waals surface area contributed by atoms with Gasteiger partial charge in [0.15, 0.2) is 0 Å². The van der Waals surface area contributed by atoms with Crippen LogP contribution in [0.1, 0.15) is 11.3 Å². The number of hydrogen-bond acceptors (Lipinski definition) is 4. The van der Waals surface area contributed by atoms with E-state index in [0.717, 1.165) is 12.1 Å². The number of H-pyrrole nitrogens is 1. The summed E-state index contributed by atoms with van der Waals surface area (Å²) in [5.41, 5.74) is 0.0600. The van der Waals surface area contributed by atoms with Gasteiger partial charge in [0.05, 0.1) is 5.56 Å². The second-order valence-corrected chi connectivity index (χ2v) is 5.12. The lowest BCUT2D eigenvalue weighted by molar-refractivity contribution is -0.137. The molecule has 3 rings (SSSR count). The number of nitrogens with zero attached hydrogens (tertiary/aromatic N) is 3. The molecule has 0 saturated carbocycles. The number of nitrogens with one attached hydrogen (secondary N) is 1. The predicted octanol–water partition coefficient (Wildman–Crippen LogP) is 4.33. The molecule has 0 fully saturated rings. The van der Waals surface area contributed by atoms with Crippen LogP contribution in [0.3, 0.4) is 0 Å². The van der Waals surface area contributed by atoms with Crippen LogP contribution in [-0.4, -0.2) is 28.7 Å². The van der Waals surface area contributed by atoms with E-state index in [1.165, 1.54) is 12.3 Å². The molecule has 1 heterocycles. The monoisotopic (exact) mass is 346 g/mol. The average Bonchev–Trinajstić information content (AvgIpc) is 3.03. The fourth-order valence-electron chi connectivity index (χ4n) is 2.25. The zero-order valence-electron chi connectivity index (χ0n) is 13.1. The summed E-state index contributed by atoms with van der Waals surface area (Å²) in [6.45, 7) is 0. The highest BCUT2D eigenvalue weighted by Gasteiger charge is 2.32. The third kappa shape index (κ3) is 3.85. The van der Waals surface area contributed by atoms with Crippen LogP contribution in [0.5, 0.6) is 11.5 Å². The van der Waals surface area contributed by atoms with E-state index in [1.807, 2.05) is 0 Å². The number of rotatable bonds is 4. The molecule has 0 aliphatic heterocycles. The van der Waals surface area contributed by atoms with Crippen molar-refractivity contribution in [2.45, 2.75) is 6.18 Å². The molecule has 0 radical (unpaired) electrons. The largest absolute Gasteiger partial charge is 0.457 e. The van der Waals surface area contributed by atoms with E-state index in [-0.39, 0.29) is 17.0 Å². The number of aromatic nitrogens is 3. The first-order valence-electron chi connectivity index (χ1n) is 7.26. The second kappa shape index (κ2) is 6.76. The maximum Gasteiger partial charge on any atom is 0.416 e. The zero-order chi connectivity index (χ0) is 17.9. The quantitative estimate of drug-likeness (QED) is 0.715. The van der Waals surface area contributed by atoms with Gasteiger partial charge < -0.3 is 4.74 Å². The molecule has 5 nitrogen and oxygen atoms in total. The molecule has 0 amide bonds. The normalized spacial score (nSPS) is 11.8. The fourth-order valence-corrected chi connectivity index (χ4v) is 2.25. The summed E-state index contributed by atoms with van der Waals surface area (Å²) >= 11 is 0. The van der Waals surface area contributed by atoms with Crippen molar-refractivity contribution in [3.05, 3.63) is 59.8 Å². The molecule has 0 bridgehead atoms. The van der Waals surface area contributed by atoms with Gasteiger partial charge in [0.1, 0.15) is 22.9 Å². The van der Waals surface area contributed by atoms with Gasteiger partial charge >= 0.3 is 6.18 Å². The molecule has 0 aliphatic rings. The molecule has 0 saturated heterocycles. The van der Waals surface area contributed by atoms with Crippen LogP contribution in [0, 0.1) is 0 Å². The Hall–Kier alpha value is -3.16. The maximum atomic E-state index is 13.3. The van der Waals surface area contributed by atoms with Gasteiger partial charge in [0, 0.05) is 18.8 Å². The van der Waals surface area contributed by atoms with E-state index in [9.17, 15) is 13.2 Å².